The fourth-order valence-corrected chi connectivity index (χ4v) is 5.91. The zero-order valence-electron chi connectivity index (χ0n) is 23.0. The van der Waals surface area contributed by atoms with Gasteiger partial charge in [-0.15, -0.1) is 0 Å². The van der Waals surface area contributed by atoms with Gasteiger partial charge in [0.25, 0.3) is 0 Å². The molecule has 5 heteroatoms. The molecule has 200 valence electrons. The molecule has 39 heavy (non-hydrogen) atoms. The summed E-state index contributed by atoms with van der Waals surface area (Å²) in [5.41, 5.74) is 5.50. The van der Waals surface area contributed by atoms with Gasteiger partial charge >= 0.3 is 11.9 Å². The van der Waals surface area contributed by atoms with Crippen molar-refractivity contribution in [3.05, 3.63) is 106 Å². The van der Waals surface area contributed by atoms with E-state index >= 15 is 0 Å². The van der Waals surface area contributed by atoms with Gasteiger partial charge in [-0.1, -0.05) is 55.7 Å². The van der Waals surface area contributed by atoms with Crippen LogP contribution in [-0.2, 0) is 10.2 Å². The second-order valence-electron chi connectivity index (χ2n) is 10.5. The monoisotopic (exact) mass is 522 g/mol. The highest BCUT2D eigenvalue weighted by atomic mass is 16.5. The zero-order chi connectivity index (χ0) is 27.6. The Morgan fingerprint density at radius 2 is 1.18 bits per heavy atom. The summed E-state index contributed by atoms with van der Waals surface area (Å²) < 4.78 is 16.2. The summed E-state index contributed by atoms with van der Waals surface area (Å²) in [6.45, 7) is 4.09. The summed E-state index contributed by atoms with van der Waals surface area (Å²) in [5.74, 6) is 0.655. The summed E-state index contributed by atoms with van der Waals surface area (Å²) in [4.78, 5) is 24.9. The number of fused-ring (bicyclic) bond motifs is 1. The number of carbonyl (C=O) groups excluding carboxylic acids is 2. The van der Waals surface area contributed by atoms with Crippen molar-refractivity contribution >= 4 is 22.7 Å². The minimum Gasteiger partial charge on any atom is -0.496 e. The normalized spacial score (nSPS) is 14.6. The molecule has 1 aliphatic rings. The van der Waals surface area contributed by atoms with Crippen LogP contribution in [0.2, 0.25) is 0 Å². The summed E-state index contributed by atoms with van der Waals surface area (Å²) in [6, 6.07) is 23.4. The van der Waals surface area contributed by atoms with Crippen LogP contribution in [-0.4, -0.2) is 26.2 Å². The Hall–Kier alpha value is -4.12. The SMILES string of the molecule is COC(=O)c1ccc2cc(C(=O)Oc3ccc(C4(c5ccc(OC)c(C)c5)CCCCC4)cc3C)ccc2c1. The van der Waals surface area contributed by atoms with Gasteiger partial charge in [-0.25, -0.2) is 9.59 Å². The molecular formula is C34H34O5. The van der Waals surface area contributed by atoms with E-state index < -0.39 is 11.9 Å². The summed E-state index contributed by atoms with van der Waals surface area (Å²) in [5, 5.41) is 1.69. The lowest BCUT2D eigenvalue weighted by Gasteiger charge is -2.39. The Morgan fingerprint density at radius 1 is 0.641 bits per heavy atom. The number of rotatable bonds is 6. The van der Waals surface area contributed by atoms with Crippen molar-refractivity contribution in [2.24, 2.45) is 0 Å². The van der Waals surface area contributed by atoms with E-state index in [1.54, 1.807) is 31.4 Å². The molecule has 0 heterocycles. The van der Waals surface area contributed by atoms with Gasteiger partial charge in [0, 0.05) is 5.41 Å². The molecule has 4 aromatic carbocycles. The summed E-state index contributed by atoms with van der Waals surface area (Å²) in [7, 11) is 3.07. The first-order valence-corrected chi connectivity index (χ1v) is 13.5. The van der Waals surface area contributed by atoms with Crippen molar-refractivity contribution in [2.45, 2.75) is 51.4 Å². The van der Waals surface area contributed by atoms with Gasteiger partial charge in [0.05, 0.1) is 25.3 Å². The Balaban J connectivity index is 1.41. The third kappa shape index (κ3) is 5.14. The molecule has 0 aliphatic heterocycles. The van der Waals surface area contributed by atoms with Crippen LogP contribution in [0.25, 0.3) is 10.8 Å². The lowest BCUT2D eigenvalue weighted by atomic mass is 9.65. The van der Waals surface area contributed by atoms with E-state index in [1.165, 1.54) is 37.5 Å². The van der Waals surface area contributed by atoms with E-state index in [0.717, 1.165) is 40.5 Å². The molecule has 0 saturated heterocycles. The standard InChI is InChI=1S/C34H34O5/c1-22-18-28(12-14-30(22)37-3)34(16-6-5-7-17-34)29-13-15-31(23(2)19-29)39-33(36)27-11-9-24-20-26(32(35)38-4)10-8-25(24)21-27/h8-15,18-21H,5-7,16-17H2,1-4H3. The number of methoxy groups -OCH3 is 2. The number of benzene rings is 4. The Morgan fingerprint density at radius 3 is 1.69 bits per heavy atom. The maximum Gasteiger partial charge on any atom is 0.343 e. The van der Waals surface area contributed by atoms with Gasteiger partial charge in [-0.2, -0.15) is 0 Å². The molecule has 0 unspecified atom stereocenters. The molecule has 0 radical (unpaired) electrons. The van der Waals surface area contributed by atoms with Crippen molar-refractivity contribution in [3.63, 3.8) is 0 Å². The van der Waals surface area contributed by atoms with Crippen LogP contribution < -0.4 is 9.47 Å². The maximum atomic E-state index is 13.1. The van der Waals surface area contributed by atoms with E-state index in [1.807, 2.05) is 25.1 Å². The first-order chi connectivity index (χ1) is 18.8. The fourth-order valence-electron chi connectivity index (χ4n) is 5.91. The predicted molar refractivity (Wildman–Crippen MR) is 153 cm³/mol. The van der Waals surface area contributed by atoms with Gasteiger partial charge in [0.2, 0.25) is 0 Å². The van der Waals surface area contributed by atoms with Crippen LogP contribution in [0.3, 0.4) is 0 Å². The quantitative estimate of drug-likeness (QED) is 0.192. The van der Waals surface area contributed by atoms with Crippen LogP contribution >= 0.6 is 0 Å². The van der Waals surface area contributed by atoms with Crippen molar-refractivity contribution in [2.75, 3.05) is 14.2 Å². The van der Waals surface area contributed by atoms with Crippen LogP contribution in [0.15, 0.2) is 72.8 Å². The Bertz CT molecular complexity index is 1550. The van der Waals surface area contributed by atoms with Gasteiger partial charge in [-0.3, -0.25) is 0 Å². The third-order valence-corrected chi connectivity index (χ3v) is 8.08. The van der Waals surface area contributed by atoms with E-state index in [0.29, 0.717) is 16.9 Å². The molecule has 5 nitrogen and oxygen atoms in total. The lowest BCUT2D eigenvalue weighted by Crippen LogP contribution is -2.30. The van der Waals surface area contributed by atoms with Gasteiger partial charge in [0.1, 0.15) is 11.5 Å². The average molecular weight is 523 g/mol. The molecule has 0 bridgehead atoms. The zero-order valence-corrected chi connectivity index (χ0v) is 23.0. The summed E-state index contributed by atoms with van der Waals surface area (Å²) >= 11 is 0. The number of hydrogen-bond donors (Lipinski definition) is 0. The van der Waals surface area contributed by atoms with E-state index in [2.05, 4.69) is 37.3 Å². The molecule has 1 aliphatic carbocycles. The number of ether oxygens (including phenoxy) is 3. The molecule has 0 spiro atoms. The maximum absolute atomic E-state index is 13.1. The molecule has 0 N–H and O–H groups in total. The van der Waals surface area contributed by atoms with Gasteiger partial charge < -0.3 is 14.2 Å². The topological polar surface area (TPSA) is 61.8 Å². The average Bonchev–Trinajstić information content (AvgIpc) is 2.97. The largest absolute Gasteiger partial charge is 0.496 e. The van der Waals surface area contributed by atoms with Crippen LogP contribution in [0.4, 0.5) is 0 Å². The molecule has 1 saturated carbocycles. The Labute approximate surface area is 229 Å². The molecule has 1 fully saturated rings. The first-order valence-electron chi connectivity index (χ1n) is 13.5. The van der Waals surface area contributed by atoms with E-state index in [-0.39, 0.29) is 5.41 Å². The molecule has 4 aromatic rings. The Kier molecular flexibility index (Phi) is 7.42. The molecule has 0 atom stereocenters. The second kappa shape index (κ2) is 10.9. The second-order valence-corrected chi connectivity index (χ2v) is 10.5. The minimum atomic E-state index is -0.414. The highest BCUT2D eigenvalue weighted by molar-refractivity contribution is 5.99. The number of hydrogen-bond acceptors (Lipinski definition) is 5. The van der Waals surface area contributed by atoms with Crippen molar-refractivity contribution in [3.8, 4) is 11.5 Å². The van der Waals surface area contributed by atoms with Crippen LogP contribution in [0, 0.1) is 13.8 Å². The smallest absolute Gasteiger partial charge is 0.343 e. The fraction of sp³-hybridized carbons (Fsp3) is 0.294. The van der Waals surface area contributed by atoms with Crippen LogP contribution in [0.1, 0.15) is 75.1 Å². The first kappa shape index (κ1) is 26.5. The van der Waals surface area contributed by atoms with Crippen LogP contribution in [0.5, 0.6) is 11.5 Å². The number of esters is 2. The molecular weight excluding hydrogens is 488 g/mol. The van der Waals surface area contributed by atoms with Gasteiger partial charge in [-0.05, 0) is 96.1 Å². The predicted octanol–water partition coefficient (Wildman–Crippen LogP) is 7.72. The molecule has 5 rings (SSSR count). The van der Waals surface area contributed by atoms with E-state index in [4.69, 9.17) is 14.2 Å². The highest BCUT2D eigenvalue weighted by Gasteiger charge is 2.36. The molecule has 0 aromatic heterocycles. The number of carbonyl (C=O) groups is 2. The minimum absolute atomic E-state index is 0.0655. The van der Waals surface area contributed by atoms with Gasteiger partial charge in [0.15, 0.2) is 0 Å². The third-order valence-electron chi connectivity index (χ3n) is 8.08. The summed E-state index contributed by atoms with van der Waals surface area (Å²) in [6.07, 6.45) is 5.80. The van der Waals surface area contributed by atoms with Crippen molar-refractivity contribution < 1.29 is 23.8 Å². The molecule has 0 amide bonds. The number of aryl methyl sites for hydroxylation is 2. The lowest BCUT2D eigenvalue weighted by molar-refractivity contribution is 0.0600. The van der Waals surface area contributed by atoms with Crippen molar-refractivity contribution in [1.82, 2.24) is 0 Å². The van der Waals surface area contributed by atoms with Crippen molar-refractivity contribution in [1.29, 1.82) is 0 Å². The highest BCUT2D eigenvalue weighted by Crippen LogP contribution is 2.46. The van der Waals surface area contributed by atoms with E-state index in [9.17, 15) is 9.59 Å².